The monoisotopic (exact) mass is 668 g/mol. The summed E-state index contributed by atoms with van der Waals surface area (Å²) < 4.78 is 18.4. The van der Waals surface area contributed by atoms with Gasteiger partial charge >= 0.3 is 12.1 Å². The molecule has 0 bridgehead atoms. The fraction of sp³-hybridized carbons (Fsp3) is 0.800. The maximum absolute atomic E-state index is 12.2. The number of unbranched alkanes of at least 4 members (excludes halogenated alkanes) is 17. The van der Waals surface area contributed by atoms with Crippen molar-refractivity contribution in [3.63, 3.8) is 0 Å². The fourth-order valence-electron chi connectivity index (χ4n) is 5.36. The summed E-state index contributed by atoms with van der Waals surface area (Å²) in [7, 11) is 0. The lowest BCUT2D eigenvalue weighted by Crippen LogP contribution is -3.00. The lowest BCUT2D eigenvalue weighted by molar-refractivity contribution is -0.697. The first-order chi connectivity index (χ1) is 20.6. The van der Waals surface area contributed by atoms with Crippen LogP contribution in [-0.4, -0.2) is 45.0 Å². The van der Waals surface area contributed by atoms with Gasteiger partial charge in [-0.15, -0.1) is 0 Å². The van der Waals surface area contributed by atoms with Crippen LogP contribution >= 0.6 is 0 Å². The van der Waals surface area contributed by atoms with Gasteiger partial charge in [0, 0.05) is 31.5 Å². The van der Waals surface area contributed by atoms with Crippen LogP contribution in [0.15, 0.2) is 30.6 Å². The van der Waals surface area contributed by atoms with E-state index >= 15 is 0 Å². The number of pyridine rings is 1. The molecule has 1 aliphatic heterocycles. The third kappa shape index (κ3) is 20.8. The number of hydrogen-bond donors (Lipinski definition) is 1. The summed E-state index contributed by atoms with van der Waals surface area (Å²) in [5.74, 6) is -0.193. The quantitative estimate of drug-likeness (QED) is 0.0803. The standard InChI is InChI=1S/C35H60N2O5.BrH/c1-2-3-4-5-6-7-8-9-10-11-12-13-14-15-16-20-25-36-34(39)42-32-35(29-40-30-35)31-41-33(38)24-19-17-21-26-37-27-22-18-23-28-37;/h18,22-23,27-28H,2-17,19-21,24-26,29-32H2,1H3;1H. The van der Waals surface area contributed by atoms with Crippen molar-refractivity contribution in [3.8, 4) is 0 Å². The third-order valence-electron chi connectivity index (χ3n) is 8.24. The van der Waals surface area contributed by atoms with Crippen LogP contribution in [0.3, 0.4) is 0 Å². The number of nitrogens with zero attached hydrogens (tertiary/aromatic N) is 1. The molecule has 248 valence electrons. The summed E-state index contributed by atoms with van der Waals surface area (Å²) in [6, 6.07) is 6.05. The Balaban J connectivity index is 0.00000924. The number of ether oxygens (including phenoxy) is 3. The van der Waals surface area contributed by atoms with Gasteiger partial charge in [0.25, 0.3) is 0 Å². The predicted molar refractivity (Wildman–Crippen MR) is 168 cm³/mol. The number of alkyl carbamates (subject to hydrolysis) is 1. The van der Waals surface area contributed by atoms with Gasteiger partial charge in [-0.05, 0) is 19.3 Å². The van der Waals surface area contributed by atoms with Crippen molar-refractivity contribution >= 4 is 12.1 Å². The van der Waals surface area contributed by atoms with E-state index in [-0.39, 0.29) is 36.2 Å². The second kappa shape index (κ2) is 26.7. The largest absolute Gasteiger partial charge is 1.00 e. The van der Waals surface area contributed by atoms with Crippen molar-refractivity contribution in [1.82, 2.24) is 5.32 Å². The van der Waals surface area contributed by atoms with Gasteiger partial charge in [-0.3, -0.25) is 4.79 Å². The normalized spacial score (nSPS) is 13.5. The molecule has 0 aliphatic carbocycles. The van der Waals surface area contributed by atoms with Crippen LogP contribution in [-0.2, 0) is 25.5 Å². The minimum atomic E-state index is -0.412. The highest BCUT2D eigenvalue weighted by molar-refractivity contribution is 5.69. The first-order valence-corrected chi connectivity index (χ1v) is 17.2. The van der Waals surface area contributed by atoms with E-state index in [9.17, 15) is 9.59 Å². The molecule has 1 amide bonds. The van der Waals surface area contributed by atoms with E-state index in [1.165, 1.54) is 89.9 Å². The Hall–Kier alpha value is -1.67. The van der Waals surface area contributed by atoms with Crippen molar-refractivity contribution in [2.24, 2.45) is 5.41 Å². The maximum atomic E-state index is 12.2. The number of carbonyl (C=O) groups excluding carboxylic acids is 2. The molecule has 1 fully saturated rings. The zero-order valence-corrected chi connectivity index (χ0v) is 28.7. The second-order valence-corrected chi connectivity index (χ2v) is 12.4. The summed E-state index contributed by atoms with van der Waals surface area (Å²) >= 11 is 0. The molecule has 0 saturated carbocycles. The number of aromatic nitrogens is 1. The van der Waals surface area contributed by atoms with E-state index in [1.807, 2.05) is 18.2 Å². The number of halogens is 1. The van der Waals surface area contributed by atoms with Crippen molar-refractivity contribution in [2.45, 2.75) is 142 Å². The minimum Gasteiger partial charge on any atom is -1.00 e. The molecule has 0 radical (unpaired) electrons. The Morgan fingerprint density at radius 1 is 0.698 bits per heavy atom. The fourth-order valence-corrected chi connectivity index (χ4v) is 5.36. The summed E-state index contributed by atoms with van der Waals surface area (Å²) in [4.78, 5) is 24.3. The number of rotatable bonds is 27. The molecule has 0 unspecified atom stereocenters. The van der Waals surface area contributed by atoms with Crippen molar-refractivity contribution in [2.75, 3.05) is 33.0 Å². The van der Waals surface area contributed by atoms with Crippen molar-refractivity contribution in [3.05, 3.63) is 30.6 Å². The minimum absolute atomic E-state index is 0. The molecule has 8 heteroatoms. The maximum Gasteiger partial charge on any atom is 0.407 e. The van der Waals surface area contributed by atoms with Crippen LogP contribution in [0, 0.1) is 5.41 Å². The average Bonchev–Trinajstić information content (AvgIpc) is 2.98. The molecule has 1 saturated heterocycles. The van der Waals surface area contributed by atoms with Crippen LogP contribution in [0.25, 0.3) is 0 Å². The summed E-state index contributed by atoms with van der Waals surface area (Å²) in [5.41, 5.74) is -0.412. The molecule has 0 aromatic carbocycles. The number of nitrogens with one attached hydrogen (secondary N) is 1. The van der Waals surface area contributed by atoms with Crippen LogP contribution < -0.4 is 26.9 Å². The Kier molecular flexibility index (Phi) is 24.4. The van der Waals surface area contributed by atoms with Crippen molar-refractivity contribution in [1.29, 1.82) is 0 Å². The van der Waals surface area contributed by atoms with E-state index in [0.29, 0.717) is 26.2 Å². The number of esters is 1. The van der Waals surface area contributed by atoms with Gasteiger partial charge in [-0.2, -0.15) is 0 Å². The summed E-state index contributed by atoms with van der Waals surface area (Å²) in [6.07, 6.45) is 28.3. The van der Waals surface area contributed by atoms with E-state index in [1.54, 1.807) is 0 Å². The first kappa shape index (κ1) is 39.4. The predicted octanol–water partition coefficient (Wildman–Crippen LogP) is 5.09. The van der Waals surface area contributed by atoms with Crippen LogP contribution in [0.1, 0.15) is 135 Å². The Morgan fingerprint density at radius 2 is 1.21 bits per heavy atom. The van der Waals surface area contributed by atoms with Gasteiger partial charge in [0.15, 0.2) is 12.4 Å². The zero-order valence-electron chi connectivity index (χ0n) is 27.1. The number of carbonyl (C=O) groups is 2. The topological polar surface area (TPSA) is 77.7 Å². The van der Waals surface area contributed by atoms with Gasteiger partial charge in [-0.1, -0.05) is 109 Å². The average molecular weight is 670 g/mol. The zero-order chi connectivity index (χ0) is 30.0. The summed E-state index contributed by atoms with van der Waals surface area (Å²) in [5, 5.41) is 2.86. The lowest BCUT2D eigenvalue weighted by atomic mass is 9.88. The Bertz CT molecular complexity index is 807. The molecule has 1 N–H and O–H groups in total. The SMILES string of the molecule is CCCCCCCCCCCCCCCCCCNC(=O)OCC1(COC(=O)CCCCC[n+]2ccccc2)COC1.[Br-]. The van der Waals surface area contributed by atoms with Crippen LogP contribution in [0.5, 0.6) is 0 Å². The molecule has 0 atom stereocenters. The lowest BCUT2D eigenvalue weighted by Gasteiger charge is -2.39. The highest BCUT2D eigenvalue weighted by Gasteiger charge is 2.41. The molecule has 1 aromatic rings. The molecule has 43 heavy (non-hydrogen) atoms. The Morgan fingerprint density at radius 3 is 1.74 bits per heavy atom. The molecule has 0 spiro atoms. The first-order valence-electron chi connectivity index (χ1n) is 17.2. The Labute approximate surface area is 273 Å². The van der Waals surface area contributed by atoms with Gasteiger partial charge < -0.3 is 36.5 Å². The van der Waals surface area contributed by atoms with E-state index in [0.717, 1.165) is 38.6 Å². The molecular weight excluding hydrogens is 608 g/mol. The molecule has 2 heterocycles. The van der Waals surface area contributed by atoms with Crippen molar-refractivity contribution < 1.29 is 45.3 Å². The van der Waals surface area contributed by atoms with Crippen LogP contribution in [0.4, 0.5) is 4.79 Å². The highest BCUT2D eigenvalue weighted by Crippen LogP contribution is 2.28. The number of aryl methyl sites for hydroxylation is 1. The molecular formula is C35H61BrN2O5. The van der Waals surface area contributed by atoms with E-state index < -0.39 is 11.5 Å². The van der Waals surface area contributed by atoms with E-state index in [4.69, 9.17) is 14.2 Å². The van der Waals surface area contributed by atoms with Gasteiger partial charge in [0.2, 0.25) is 0 Å². The molecule has 2 rings (SSSR count). The van der Waals surface area contributed by atoms with E-state index in [2.05, 4.69) is 29.2 Å². The molecule has 1 aliphatic rings. The second-order valence-electron chi connectivity index (χ2n) is 12.4. The highest BCUT2D eigenvalue weighted by atomic mass is 79.9. The molecule has 7 nitrogen and oxygen atoms in total. The van der Waals surface area contributed by atoms with Gasteiger partial charge in [0.1, 0.15) is 19.8 Å². The number of hydrogen-bond acceptors (Lipinski definition) is 5. The summed E-state index contributed by atoms with van der Waals surface area (Å²) in [6.45, 7) is 5.20. The number of amides is 1. The third-order valence-corrected chi connectivity index (χ3v) is 8.24. The van der Waals surface area contributed by atoms with Crippen LogP contribution in [0.2, 0.25) is 0 Å². The molecule has 1 aromatic heterocycles. The van der Waals surface area contributed by atoms with Gasteiger partial charge in [0.05, 0.1) is 18.6 Å². The van der Waals surface area contributed by atoms with Gasteiger partial charge in [-0.25, -0.2) is 9.36 Å². The smallest absolute Gasteiger partial charge is 0.407 e.